The van der Waals surface area contributed by atoms with E-state index in [0.29, 0.717) is 16.9 Å². The second-order valence-electron chi connectivity index (χ2n) is 8.33. The molecule has 3 rings (SSSR count). The van der Waals surface area contributed by atoms with E-state index in [1.807, 2.05) is 0 Å². The van der Waals surface area contributed by atoms with Gasteiger partial charge in [0.25, 0.3) is 0 Å². The normalized spacial score (nSPS) is 48.0. The molecule has 0 radical (unpaired) electrons. The molecule has 0 amide bonds. The quantitative estimate of drug-likeness (QED) is 0.817. The number of aliphatic hydroxyl groups is 1. The summed E-state index contributed by atoms with van der Waals surface area (Å²) in [5.74, 6) is 0.822. The summed E-state index contributed by atoms with van der Waals surface area (Å²) in [6, 6.07) is 0. The monoisotopic (exact) mass is 280 g/mol. The Bertz CT molecular complexity index is 351. The molecule has 3 aliphatic carbocycles. The third-order valence-corrected chi connectivity index (χ3v) is 7.22. The Hall–Kier alpha value is -0.0800. The van der Waals surface area contributed by atoms with E-state index < -0.39 is 0 Å². The Morgan fingerprint density at radius 3 is 2.25 bits per heavy atom. The summed E-state index contributed by atoms with van der Waals surface area (Å²) in [4.78, 5) is 0. The van der Waals surface area contributed by atoms with Crippen LogP contribution in [0.5, 0.6) is 0 Å². The van der Waals surface area contributed by atoms with Gasteiger partial charge in [-0.05, 0) is 48.9 Å². The van der Waals surface area contributed by atoms with E-state index in [4.69, 9.17) is 4.74 Å². The molecule has 1 N–H and O–H groups in total. The topological polar surface area (TPSA) is 29.5 Å². The molecule has 5 unspecified atom stereocenters. The Morgan fingerprint density at radius 1 is 0.950 bits per heavy atom. The first-order valence-electron chi connectivity index (χ1n) is 8.79. The summed E-state index contributed by atoms with van der Waals surface area (Å²) in [6.07, 6.45) is 11.1. The van der Waals surface area contributed by atoms with Gasteiger partial charge in [-0.15, -0.1) is 0 Å². The van der Waals surface area contributed by atoms with Crippen LogP contribution in [0, 0.1) is 16.7 Å². The van der Waals surface area contributed by atoms with Crippen LogP contribution in [-0.2, 0) is 4.74 Å². The fourth-order valence-corrected chi connectivity index (χ4v) is 5.14. The maximum absolute atomic E-state index is 10.4. The number of fused-ring (bicyclic) bond motifs is 2. The lowest BCUT2D eigenvalue weighted by Crippen LogP contribution is -2.42. The predicted octanol–water partition coefficient (Wildman–Crippen LogP) is 4.30. The van der Waals surface area contributed by atoms with Crippen LogP contribution in [0.2, 0.25) is 0 Å². The molecule has 0 spiro atoms. The van der Waals surface area contributed by atoms with Crippen molar-refractivity contribution in [2.75, 3.05) is 0 Å². The van der Waals surface area contributed by atoms with E-state index in [0.717, 1.165) is 25.2 Å². The summed E-state index contributed by atoms with van der Waals surface area (Å²) in [7, 11) is 0. The minimum absolute atomic E-state index is 0.0901. The number of hydrogen-bond acceptors (Lipinski definition) is 2. The Morgan fingerprint density at radius 2 is 1.65 bits per heavy atom. The highest BCUT2D eigenvalue weighted by Crippen LogP contribution is 2.66. The van der Waals surface area contributed by atoms with Crippen LogP contribution in [0.1, 0.15) is 78.6 Å². The largest absolute Gasteiger partial charge is 0.390 e. The molecule has 0 saturated heterocycles. The molecule has 5 atom stereocenters. The number of hydrogen-bond donors (Lipinski definition) is 1. The van der Waals surface area contributed by atoms with Crippen molar-refractivity contribution in [3.8, 4) is 0 Å². The van der Waals surface area contributed by atoms with Gasteiger partial charge in [-0.3, -0.25) is 0 Å². The first-order chi connectivity index (χ1) is 9.45. The van der Waals surface area contributed by atoms with Gasteiger partial charge in [0.2, 0.25) is 0 Å². The lowest BCUT2D eigenvalue weighted by atomic mass is 9.70. The van der Waals surface area contributed by atoms with Gasteiger partial charge in [0.1, 0.15) is 0 Å². The molecule has 20 heavy (non-hydrogen) atoms. The Kier molecular flexibility index (Phi) is 3.92. The second kappa shape index (κ2) is 5.28. The number of aliphatic hydroxyl groups excluding tert-OH is 1. The van der Waals surface area contributed by atoms with Crippen molar-refractivity contribution in [3.05, 3.63) is 0 Å². The molecular weight excluding hydrogens is 248 g/mol. The number of rotatable bonds is 2. The van der Waals surface area contributed by atoms with Gasteiger partial charge < -0.3 is 9.84 Å². The van der Waals surface area contributed by atoms with Crippen molar-refractivity contribution in [2.45, 2.75) is 96.9 Å². The smallest absolute Gasteiger partial charge is 0.0837 e. The third-order valence-electron chi connectivity index (χ3n) is 7.22. The van der Waals surface area contributed by atoms with Gasteiger partial charge in [0, 0.05) is 0 Å². The van der Waals surface area contributed by atoms with Gasteiger partial charge in [-0.1, -0.05) is 46.5 Å². The number of ether oxygens (including phenoxy) is 1. The van der Waals surface area contributed by atoms with Crippen LogP contribution in [0.25, 0.3) is 0 Å². The van der Waals surface area contributed by atoms with Gasteiger partial charge in [-0.25, -0.2) is 0 Å². The molecule has 0 aromatic rings. The maximum atomic E-state index is 10.4. The first kappa shape index (κ1) is 14.8. The van der Waals surface area contributed by atoms with Gasteiger partial charge in [0.05, 0.1) is 18.3 Å². The van der Waals surface area contributed by atoms with Gasteiger partial charge in [-0.2, -0.15) is 0 Å². The Labute approximate surface area is 124 Å². The highest BCUT2D eigenvalue weighted by atomic mass is 16.5. The van der Waals surface area contributed by atoms with Crippen LogP contribution in [0.4, 0.5) is 0 Å². The highest BCUT2D eigenvalue weighted by molar-refractivity contribution is 5.11. The molecular formula is C18H32O2. The molecule has 2 nitrogen and oxygen atoms in total. The first-order valence-corrected chi connectivity index (χ1v) is 8.79. The Balaban J connectivity index is 1.68. The zero-order chi connectivity index (χ0) is 14.4. The van der Waals surface area contributed by atoms with Crippen molar-refractivity contribution in [2.24, 2.45) is 16.7 Å². The third kappa shape index (κ3) is 2.23. The summed E-state index contributed by atoms with van der Waals surface area (Å²) < 4.78 is 6.52. The highest BCUT2D eigenvalue weighted by Gasteiger charge is 2.62. The van der Waals surface area contributed by atoms with Crippen LogP contribution < -0.4 is 0 Å². The predicted molar refractivity (Wildman–Crippen MR) is 81.6 cm³/mol. The van der Waals surface area contributed by atoms with Crippen LogP contribution in [0.3, 0.4) is 0 Å². The zero-order valence-electron chi connectivity index (χ0n) is 13.5. The molecule has 0 aromatic heterocycles. The van der Waals surface area contributed by atoms with E-state index in [1.54, 1.807) is 0 Å². The molecule has 3 saturated carbocycles. The molecule has 3 aliphatic rings. The van der Waals surface area contributed by atoms with Crippen molar-refractivity contribution >= 4 is 0 Å². The van der Waals surface area contributed by atoms with Crippen molar-refractivity contribution in [3.63, 3.8) is 0 Å². The molecule has 116 valence electrons. The van der Waals surface area contributed by atoms with Gasteiger partial charge in [0.15, 0.2) is 0 Å². The van der Waals surface area contributed by atoms with E-state index in [-0.39, 0.29) is 12.2 Å². The minimum atomic E-state index is -0.235. The molecule has 2 bridgehead atoms. The van der Waals surface area contributed by atoms with E-state index in [9.17, 15) is 5.11 Å². The maximum Gasteiger partial charge on any atom is 0.0837 e. The second-order valence-corrected chi connectivity index (χ2v) is 8.33. The molecule has 0 aromatic carbocycles. The fraction of sp³-hybridized carbons (Fsp3) is 1.00. The standard InChI is InChI=1S/C18H32O2/c1-17(2)13-10-11-18(17,3)16(12-13)20-15-9-7-5-4-6-8-14(15)19/h13-16,19H,4-12H2,1-3H3. The minimum Gasteiger partial charge on any atom is -0.390 e. The lowest BCUT2D eigenvalue weighted by molar-refractivity contribution is -0.130. The summed E-state index contributed by atoms with van der Waals surface area (Å²) in [5.41, 5.74) is 0.726. The summed E-state index contributed by atoms with van der Waals surface area (Å²) in [6.45, 7) is 7.30. The van der Waals surface area contributed by atoms with Crippen LogP contribution in [0.15, 0.2) is 0 Å². The average Bonchev–Trinajstić information content (AvgIpc) is 2.71. The van der Waals surface area contributed by atoms with E-state index in [1.165, 1.54) is 38.5 Å². The molecule has 0 heterocycles. The molecule has 3 fully saturated rings. The fourth-order valence-electron chi connectivity index (χ4n) is 5.14. The van der Waals surface area contributed by atoms with Crippen molar-refractivity contribution in [1.82, 2.24) is 0 Å². The molecule has 0 aliphatic heterocycles. The summed E-state index contributed by atoms with van der Waals surface area (Å²) >= 11 is 0. The van der Waals surface area contributed by atoms with E-state index >= 15 is 0 Å². The SMILES string of the molecule is CC1(C)C2CCC1(C)C(OC1CCCCCCC1O)C2. The average molecular weight is 280 g/mol. The van der Waals surface area contributed by atoms with E-state index in [2.05, 4.69) is 20.8 Å². The zero-order valence-corrected chi connectivity index (χ0v) is 13.5. The summed E-state index contributed by atoms with van der Waals surface area (Å²) in [5, 5.41) is 10.4. The van der Waals surface area contributed by atoms with Gasteiger partial charge >= 0.3 is 0 Å². The van der Waals surface area contributed by atoms with Crippen LogP contribution >= 0.6 is 0 Å². The lowest BCUT2D eigenvalue weighted by Gasteiger charge is -2.41. The van der Waals surface area contributed by atoms with Crippen molar-refractivity contribution < 1.29 is 9.84 Å². The molecule has 2 heteroatoms. The van der Waals surface area contributed by atoms with Crippen LogP contribution in [-0.4, -0.2) is 23.4 Å². The van der Waals surface area contributed by atoms with Crippen molar-refractivity contribution in [1.29, 1.82) is 0 Å².